The Bertz CT molecular complexity index is 474. The minimum absolute atomic E-state index is 0.513. The minimum Gasteiger partial charge on any atom is -0.438 e. The molecule has 1 heterocycles. The van der Waals surface area contributed by atoms with Gasteiger partial charge in [0.1, 0.15) is 5.75 Å². The molecule has 2 N–H and O–H groups in total. The first kappa shape index (κ1) is 10.2. The smallest absolute Gasteiger partial charge is 0.221 e. The normalized spacial score (nSPS) is 9.93. The van der Waals surface area contributed by atoms with Crippen molar-refractivity contribution in [1.29, 1.82) is 0 Å². The van der Waals surface area contributed by atoms with Gasteiger partial charge in [0.15, 0.2) is 0 Å². The number of rotatable bonds is 2. The van der Waals surface area contributed by atoms with Crippen molar-refractivity contribution in [2.24, 2.45) is 0 Å². The average Bonchev–Trinajstić information content (AvgIpc) is 2.22. The van der Waals surface area contributed by atoms with E-state index in [4.69, 9.17) is 10.5 Å². The summed E-state index contributed by atoms with van der Waals surface area (Å²) in [5, 5.41) is 0. The summed E-state index contributed by atoms with van der Waals surface area (Å²) in [6, 6.07) is 11.2. The summed E-state index contributed by atoms with van der Waals surface area (Å²) in [5.74, 6) is 1.30. The van der Waals surface area contributed by atoms with E-state index in [9.17, 15) is 0 Å². The topological polar surface area (TPSA) is 48.1 Å². The van der Waals surface area contributed by atoms with Crippen LogP contribution in [0.1, 0.15) is 0 Å². The van der Waals surface area contributed by atoms with Gasteiger partial charge in [0, 0.05) is 18.0 Å². The first-order valence-corrected chi connectivity index (χ1v) is 5.47. The highest BCUT2D eigenvalue weighted by atomic mass is 127. The Morgan fingerprint density at radius 3 is 2.73 bits per heavy atom. The van der Waals surface area contributed by atoms with Gasteiger partial charge >= 0.3 is 0 Å². The van der Waals surface area contributed by atoms with Gasteiger partial charge in [-0.3, -0.25) is 0 Å². The van der Waals surface area contributed by atoms with Gasteiger partial charge in [-0.2, -0.15) is 0 Å². The van der Waals surface area contributed by atoms with Crippen molar-refractivity contribution < 1.29 is 4.74 Å². The van der Waals surface area contributed by atoms with Crippen molar-refractivity contribution in [2.75, 3.05) is 5.73 Å². The van der Waals surface area contributed by atoms with Gasteiger partial charge in [-0.1, -0.05) is 12.1 Å². The van der Waals surface area contributed by atoms with Crippen LogP contribution in [-0.4, -0.2) is 4.98 Å². The second-order valence-electron chi connectivity index (χ2n) is 2.96. The maximum atomic E-state index is 5.63. The van der Waals surface area contributed by atoms with Crippen LogP contribution >= 0.6 is 22.6 Å². The van der Waals surface area contributed by atoms with Crippen LogP contribution in [-0.2, 0) is 0 Å². The summed E-state index contributed by atoms with van der Waals surface area (Å²) >= 11 is 2.21. The van der Waals surface area contributed by atoms with Crippen molar-refractivity contribution in [2.45, 2.75) is 0 Å². The quantitative estimate of drug-likeness (QED) is 0.867. The van der Waals surface area contributed by atoms with Crippen molar-refractivity contribution in [1.82, 2.24) is 4.98 Å². The molecule has 0 fully saturated rings. The predicted octanol–water partition coefficient (Wildman–Crippen LogP) is 3.06. The van der Waals surface area contributed by atoms with Gasteiger partial charge < -0.3 is 10.5 Å². The molecular formula is C11H9IN2O. The lowest BCUT2D eigenvalue weighted by Gasteiger charge is -2.06. The van der Waals surface area contributed by atoms with E-state index in [0.29, 0.717) is 11.6 Å². The lowest BCUT2D eigenvalue weighted by Crippen LogP contribution is -1.91. The number of hydrogen-bond donors (Lipinski definition) is 1. The van der Waals surface area contributed by atoms with Crippen LogP contribution in [0.5, 0.6) is 11.6 Å². The summed E-state index contributed by atoms with van der Waals surface area (Å²) < 4.78 is 6.63. The molecule has 0 unspecified atom stereocenters. The van der Waals surface area contributed by atoms with Gasteiger partial charge in [0.2, 0.25) is 5.88 Å². The van der Waals surface area contributed by atoms with Crippen LogP contribution in [0.4, 0.5) is 5.69 Å². The number of ether oxygens (including phenoxy) is 1. The molecule has 2 rings (SSSR count). The SMILES string of the molecule is Nc1ccnc(Oc2ccccc2I)c1. The number of anilines is 1. The number of pyridine rings is 1. The molecule has 0 radical (unpaired) electrons. The second kappa shape index (κ2) is 4.48. The molecule has 2 aromatic rings. The predicted molar refractivity (Wildman–Crippen MR) is 67.9 cm³/mol. The number of nitrogens with zero attached hydrogens (tertiary/aromatic N) is 1. The van der Waals surface area contributed by atoms with Crippen LogP contribution in [0.2, 0.25) is 0 Å². The summed E-state index contributed by atoms with van der Waals surface area (Å²) in [4.78, 5) is 4.07. The molecule has 0 amide bonds. The summed E-state index contributed by atoms with van der Waals surface area (Å²) in [6.45, 7) is 0. The zero-order chi connectivity index (χ0) is 10.7. The third-order valence-corrected chi connectivity index (χ3v) is 2.70. The fourth-order valence-corrected chi connectivity index (χ4v) is 1.62. The van der Waals surface area contributed by atoms with Crippen molar-refractivity contribution in [3.8, 4) is 11.6 Å². The highest BCUT2D eigenvalue weighted by molar-refractivity contribution is 14.1. The molecule has 1 aromatic carbocycles. The second-order valence-corrected chi connectivity index (χ2v) is 4.12. The average molecular weight is 312 g/mol. The summed E-state index contributed by atoms with van der Waals surface area (Å²) in [6.07, 6.45) is 1.63. The van der Waals surface area contributed by atoms with Gasteiger partial charge in [-0.05, 0) is 40.8 Å². The molecule has 0 aliphatic heterocycles. The van der Waals surface area contributed by atoms with Crippen LogP contribution in [0.15, 0.2) is 42.6 Å². The number of nitrogens with two attached hydrogens (primary N) is 1. The van der Waals surface area contributed by atoms with Gasteiger partial charge in [-0.25, -0.2) is 4.98 Å². The zero-order valence-corrected chi connectivity index (χ0v) is 10.0. The fourth-order valence-electron chi connectivity index (χ4n) is 1.12. The standard InChI is InChI=1S/C11H9IN2O/c12-9-3-1-2-4-10(9)15-11-7-8(13)5-6-14-11/h1-7H,(H2,13,14). The molecule has 0 bridgehead atoms. The number of para-hydroxylation sites is 1. The largest absolute Gasteiger partial charge is 0.438 e. The Balaban J connectivity index is 2.26. The maximum absolute atomic E-state index is 5.63. The lowest BCUT2D eigenvalue weighted by molar-refractivity contribution is 0.460. The molecule has 0 saturated carbocycles. The third kappa shape index (κ3) is 2.59. The molecule has 0 spiro atoms. The van der Waals surface area contributed by atoms with Gasteiger partial charge in [0.25, 0.3) is 0 Å². The van der Waals surface area contributed by atoms with Crippen molar-refractivity contribution in [3.05, 3.63) is 46.2 Å². The number of halogens is 1. The first-order chi connectivity index (χ1) is 7.25. The Labute approximate surface area is 101 Å². The Morgan fingerprint density at radius 2 is 2.00 bits per heavy atom. The third-order valence-electron chi connectivity index (χ3n) is 1.81. The van der Waals surface area contributed by atoms with E-state index in [1.54, 1.807) is 18.3 Å². The summed E-state index contributed by atoms with van der Waals surface area (Å²) in [7, 11) is 0. The van der Waals surface area contributed by atoms with E-state index >= 15 is 0 Å². The van der Waals surface area contributed by atoms with E-state index in [1.165, 1.54) is 0 Å². The van der Waals surface area contributed by atoms with Gasteiger partial charge in [-0.15, -0.1) is 0 Å². The highest BCUT2D eigenvalue weighted by Gasteiger charge is 2.02. The Kier molecular flexibility index (Phi) is 3.05. The molecule has 0 aliphatic rings. The maximum Gasteiger partial charge on any atom is 0.221 e. The molecular weight excluding hydrogens is 303 g/mol. The molecule has 0 saturated heterocycles. The number of nitrogen functional groups attached to an aromatic ring is 1. The van der Waals surface area contributed by atoms with Crippen molar-refractivity contribution in [3.63, 3.8) is 0 Å². The van der Waals surface area contributed by atoms with E-state index in [1.807, 2.05) is 24.3 Å². The highest BCUT2D eigenvalue weighted by Crippen LogP contribution is 2.25. The molecule has 1 aromatic heterocycles. The fraction of sp³-hybridized carbons (Fsp3) is 0. The molecule has 15 heavy (non-hydrogen) atoms. The van der Waals surface area contributed by atoms with Crippen LogP contribution in [0, 0.1) is 3.57 Å². The number of hydrogen-bond acceptors (Lipinski definition) is 3. The number of aromatic nitrogens is 1. The molecule has 4 heteroatoms. The molecule has 3 nitrogen and oxygen atoms in total. The zero-order valence-electron chi connectivity index (χ0n) is 7.85. The summed E-state index contributed by atoms with van der Waals surface area (Å²) in [5.41, 5.74) is 6.27. The van der Waals surface area contributed by atoms with E-state index in [2.05, 4.69) is 27.6 Å². The Morgan fingerprint density at radius 1 is 1.20 bits per heavy atom. The van der Waals surface area contributed by atoms with Gasteiger partial charge in [0.05, 0.1) is 3.57 Å². The van der Waals surface area contributed by atoms with E-state index in [0.717, 1.165) is 9.32 Å². The monoisotopic (exact) mass is 312 g/mol. The van der Waals surface area contributed by atoms with Crippen molar-refractivity contribution >= 4 is 28.3 Å². The van der Waals surface area contributed by atoms with Crippen LogP contribution < -0.4 is 10.5 Å². The van der Waals surface area contributed by atoms with E-state index in [-0.39, 0.29) is 0 Å². The van der Waals surface area contributed by atoms with Crippen LogP contribution in [0.25, 0.3) is 0 Å². The lowest BCUT2D eigenvalue weighted by atomic mass is 10.3. The minimum atomic E-state index is 0.513. The van der Waals surface area contributed by atoms with E-state index < -0.39 is 0 Å². The van der Waals surface area contributed by atoms with Crippen LogP contribution in [0.3, 0.4) is 0 Å². The molecule has 76 valence electrons. The Hall–Kier alpha value is -1.30. The molecule has 0 atom stereocenters. The molecule has 0 aliphatic carbocycles. The first-order valence-electron chi connectivity index (χ1n) is 4.39. The number of benzene rings is 1.